The minimum Gasteiger partial charge on any atom is -0.484 e. The molecule has 2 aromatic rings. The molecule has 0 radical (unpaired) electrons. The van der Waals surface area contributed by atoms with Crippen LogP contribution in [0.2, 0.25) is 0 Å². The Bertz CT molecular complexity index is 845. The fraction of sp³-hybridized carbons (Fsp3) is 0.250. The van der Waals surface area contributed by atoms with Crippen molar-refractivity contribution in [3.05, 3.63) is 54.1 Å². The molecule has 0 spiro atoms. The van der Waals surface area contributed by atoms with Crippen molar-refractivity contribution in [3.63, 3.8) is 0 Å². The molecule has 3 amide bonds. The molecule has 0 bridgehead atoms. The normalized spacial score (nSPS) is 12.9. The standard InChI is InChI=1S/C20H21N3O4/c21-18(24)10-13-4-8-15(9-5-13)22-19(25)12-27-17-3-1-2-16(11-17)23-20(26)14-6-7-14/h1-5,8-9,11,14H,6-7,10,12H2,(H2,21,24)(H,22,25)(H,23,26). The predicted molar refractivity (Wildman–Crippen MR) is 101 cm³/mol. The lowest BCUT2D eigenvalue weighted by Gasteiger charge is -2.10. The molecule has 0 aromatic heterocycles. The van der Waals surface area contributed by atoms with E-state index in [4.69, 9.17) is 10.5 Å². The Kier molecular flexibility index (Phi) is 5.71. The molecule has 140 valence electrons. The molecular weight excluding hydrogens is 346 g/mol. The number of nitrogens with one attached hydrogen (secondary N) is 2. The molecule has 4 N–H and O–H groups in total. The van der Waals surface area contributed by atoms with Gasteiger partial charge in [-0.3, -0.25) is 14.4 Å². The summed E-state index contributed by atoms with van der Waals surface area (Å²) in [7, 11) is 0. The number of carbonyl (C=O) groups excluding carboxylic acids is 3. The molecule has 0 atom stereocenters. The number of nitrogens with two attached hydrogens (primary N) is 1. The van der Waals surface area contributed by atoms with Crippen LogP contribution in [0.15, 0.2) is 48.5 Å². The van der Waals surface area contributed by atoms with E-state index < -0.39 is 5.91 Å². The summed E-state index contributed by atoms with van der Waals surface area (Å²) >= 11 is 0. The zero-order chi connectivity index (χ0) is 19.2. The molecule has 7 nitrogen and oxygen atoms in total. The van der Waals surface area contributed by atoms with Gasteiger partial charge in [0.05, 0.1) is 6.42 Å². The van der Waals surface area contributed by atoms with E-state index in [2.05, 4.69) is 10.6 Å². The number of benzene rings is 2. The molecular formula is C20H21N3O4. The Morgan fingerprint density at radius 1 is 1.00 bits per heavy atom. The van der Waals surface area contributed by atoms with E-state index in [1.807, 2.05) is 0 Å². The summed E-state index contributed by atoms with van der Waals surface area (Å²) in [6.07, 6.45) is 2.03. The maximum atomic E-state index is 12.0. The van der Waals surface area contributed by atoms with Crippen LogP contribution in [-0.2, 0) is 20.8 Å². The highest BCUT2D eigenvalue weighted by Crippen LogP contribution is 2.30. The van der Waals surface area contributed by atoms with Crippen molar-refractivity contribution in [2.75, 3.05) is 17.2 Å². The Labute approximate surface area is 156 Å². The summed E-state index contributed by atoms with van der Waals surface area (Å²) in [5.74, 6) is -0.0873. The molecule has 1 saturated carbocycles. The predicted octanol–water partition coefficient (Wildman–Crippen LogP) is 2.08. The van der Waals surface area contributed by atoms with E-state index >= 15 is 0 Å². The fourth-order valence-electron chi connectivity index (χ4n) is 2.51. The Balaban J connectivity index is 1.48. The highest BCUT2D eigenvalue weighted by Gasteiger charge is 2.29. The zero-order valence-electron chi connectivity index (χ0n) is 14.7. The molecule has 3 rings (SSSR count). The lowest BCUT2D eigenvalue weighted by Crippen LogP contribution is -2.20. The van der Waals surface area contributed by atoms with Crippen LogP contribution in [0.3, 0.4) is 0 Å². The molecule has 7 heteroatoms. The van der Waals surface area contributed by atoms with Gasteiger partial charge < -0.3 is 21.1 Å². The quantitative estimate of drug-likeness (QED) is 0.663. The van der Waals surface area contributed by atoms with E-state index in [0.29, 0.717) is 17.1 Å². The van der Waals surface area contributed by atoms with Gasteiger partial charge in [0.2, 0.25) is 11.8 Å². The molecule has 0 aliphatic heterocycles. The first-order valence-electron chi connectivity index (χ1n) is 8.70. The summed E-state index contributed by atoms with van der Waals surface area (Å²) in [4.78, 5) is 34.7. The van der Waals surface area contributed by atoms with Gasteiger partial charge in [-0.25, -0.2) is 0 Å². The number of anilines is 2. The van der Waals surface area contributed by atoms with Crippen molar-refractivity contribution in [1.82, 2.24) is 0 Å². The topological polar surface area (TPSA) is 111 Å². The van der Waals surface area contributed by atoms with Gasteiger partial charge in [-0.05, 0) is 42.7 Å². The highest BCUT2D eigenvalue weighted by atomic mass is 16.5. The number of carbonyl (C=O) groups is 3. The van der Waals surface area contributed by atoms with Crippen LogP contribution in [0, 0.1) is 5.92 Å². The SMILES string of the molecule is NC(=O)Cc1ccc(NC(=O)COc2cccc(NC(=O)C3CC3)c2)cc1. The van der Waals surface area contributed by atoms with E-state index in [-0.39, 0.29) is 30.8 Å². The summed E-state index contributed by atoms with van der Waals surface area (Å²) in [5, 5.41) is 5.55. The van der Waals surface area contributed by atoms with E-state index in [0.717, 1.165) is 18.4 Å². The number of hydrogen-bond acceptors (Lipinski definition) is 4. The first-order chi connectivity index (χ1) is 13.0. The Morgan fingerprint density at radius 2 is 1.74 bits per heavy atom. The number of hydrogen-bond donors (Lipinski definition) is 3. The number of amides is 3. The lowest BCUT2D eigenvalue weighted by atomic mass is 10.1. The van der Waals surface area contributed by atoms with Crippen molar-refractivity contribution >= 4 is 29.1 Å². The molecule has 0 heterocycles. The second-order valence-electron chi connectivity index (χ2n) is 6.47. The highest BCUT2D eigenvalue weighted by molar-refractivity contribution is 5.94. The third kappa shape index (κ3) is 5.85. The van der Waals surface area contributed by atoms with Gasteiger partial charge in [-0.1, -0.05) is 18.2 Å². The van der Waals surface area contributed by atoms with Crippen LogP contribution in [-0.4, -0.2) is 24.3 Å². The molecule has 1 fully saturated rings. The van der Waals surface area contributed by atoms with Crippen molar-refractivity contribution in [1.29, 1.82) is 0 Å². The smallest absolute Gasteiger partial charge is 0.262 e. The maximum absolute atomic E-state index is 12.0. The number of primary amides is 1. The van der Waals surface area contributed by atoms with E-state index in [1.54, 1.807) is 48.5 Å². The van der Waals surface area contributed by atoms with Crippen LogP contribution in [0.4, 0.5) is 11.4 Å². The molecule has 0 unspecified atom stereocenters. The minimum atomic E-state index is -0.407. The van der Waals surface area contributed by atoms with Crippen molar-refractivity contribution in [2.45, 2.75) is 19.3 Å². The second kappa shape index (κ2) is 8.35. The lowest BCUT2D eigenvalue weighted by molar-refractivity contribution is -0.118. The van der Waals surface area contributed by atoms with E-state index in [1.165, 1.54) is 0 Å². The minimum absolute atomic E-state index is 0.0182. The molecule has 1 aliphatic carbocycles. The first-order valence-corrected chi connectivity index (χ1v) is 8.70. The van der Waals surface area contributed by atoms with Crippen LogP contribution >= 0.6 is 0 Å². The molecule has 2 aromatic carbocycles. The Morgan fingerprint density at radius 3 is 2.41 bits per heavy atom. The van der Waals surface area contributed by atoms with Crippen molar-refractivity contribution in [2.24, 2.45) is 11.7 Å². The summed E-state index contributed by atoms with van der Waals surface area (Å²) in [6.45, 7) is -0.164. The third-order valence-corrected chi connectivity index (χ3v) is 4.04. The molecule has 1 aliphatic rings. The average Bonchev–Trinajstić information content (AvgIpc) is 3.47. The van der Waals surface area contributed by atoms with Gasteiger partial charge in [0.25, 0.3) is 5.91 Å². The molecule has 27 heavy (non-hydrogen) atoms. The largest absolute Gasteiger partial charge is 0.484 e. The third-order valence-electron chi connectivity index (χ3n) is 4.04. The number of ether oxygens (including phenoxy) is 1. The fourth-order valence-corrected chi connectivity index (χ4v) is 2.51. The van der Waals surface area contributed by atoms with Gasteiger partial charge in [0, 0.05) is 23.4 Å². The van der Waals surface area contributed by atoms with Crippen LogP contribution in [0.1, 0.15) is 18.4 Å². The summed E-state index contributed by atoms with van der Waals surface area (Å²) in [6, 6.07) is 13.8. The van der Waals surface area contributed by atoms with Crippen LogP contribution in [0.25, 0.3) is 0 Å². The monoisotopic (exact) mass is 367 g/mol. The zero-order valence-corrected chi connectivity index (χ0v) is 14.7. The summed E-state index contributed by atoms with van der Waals surface area (Å²) in [5.41, 5.74) is 7.17. The summed E-state index contributed by atoms with van der Waals surface area (Å²) < 4.78 is 5.49. The van der Waals surface area contributed by atoms with E-state index in [9.17, 15) is 14.4 Å². The van der Waals surface area contributed by atoms with Crippen molar-refractivity contribution < 1.29 is 19.1 Å². The molecule has 0 saturated heterocycles. The number of rotatable bonds is 8. The van der Waals surface area contributed by atoms with Crippen LogP contribution < -0.4 is 21.1 Å². The second-order valence-corrected chi connectivity index (χ2v) is 6.47. The van der Waals surface area contributed by atoms with Gasteiger partial charge in [-0.15, -0.1) is 0 Å². The van der Waals surface area contributed by atoms with Crippen molar-refractivity contribution in [3.8, 4) is 5.75 Å². The van der Waals surface area contributed by atoms with Crippen LogP contribution in [0.5, 0.6) is 5.75 Å². The van der Waals surface area contributed by atoms with Gasteiger partial charge >= 0.3 is 0 Å². The first kappa shape index (κ1) is 18.4. The maximum Gasteiger partial charge on any atom is 0.262 e. The van der Waals surface area contributed by atoms with Gasteiger partial charge in [0.1, 0.15) is 5.75 Å². The van der Waals surface area contributed by atoms with Gasteiger partial charge in [-0.2, -0.15) is 0 Å². The average molecular weight is 367 g/mol. The van der Waals surface area contributed by atoms with Gasteiger partial charge in [0.15, 0.2) is 6.61 Å². The Hall–Kier alpha value is -3.35.